The van der Waals surface area contributed by atoms with Crippen LogP contribution in [-0.4, -0.2) is 36.0 Å². The van der Waals surface area contributed by atoms with Gasteiger partial charge in [-0.1, -0.05) is 37.5 Å². The molecule has 2 rings (SSSR count). The van der Waals surface area contributed by atoms with Crippen LogP contribution in [0.2, 0.25) is 0 Å². The largest absolute Gasteiger partial charge is 0.463 e. The van der Waals surface area contributed by atoms with E-state index in [0.717, 1.165) is 47.8 Å². The van der Waals surface area contributed by atoms with E-state index in [9.17, 15) is 9.59 Å². The summed E-state index contributed by atoms with van der Waals surface area (Å²) in [7, 11) is 0. The van der Waals surface area contributed by atoms with Crippen LogP contribution in [0, 0.1) is 3.57 Å². The zero-order valence-corrected chi connectivity index (χ0v) is 18.3. The molecular weight excluding hydrogens is 453 g/mol. The van der Waals surface area contributed by atoms with Crippen molar-refractivity contribution in [2.45, 2.75) is 64.3 Å². The number of allylic oxidation sites excluding steroid dienone is 1. The Morgan fingerprint density at radius 3 is 2.63 bits per heavy atom. The third-order valence-corrected chi connectivity index (χ3v) is 5.88. The molecule has 0 radical (unpaired) electrons. The maximum absolute atomic E-state index is 13.2. The number of nitrogens with zero attached hydrogens (tertiary/aromatic N) is 1. The van der Waals surface area contributed by atoms with Crippen LogP contribution in [-0.2, 0) is 9.53 Å². The average Bonchev–Trinajstić information content (AvgIpc) is 2.68. The number of amides is 1. The smallest absolute Gasteiger partial charge is 0.330 e. The summed E-state index contributed by atoms with van der Waals surface area (Å²) >= 11 is 2.25. The van der Waals surface area contributed by atoms with E-state index in [-0.39, 0.29) is 11.9 Å². The summed E-state index contributed by atoms with van der Waals surface area (Å²) in [6.07, 6.45) is 12.0. The quantitative estimate of drug-likeness (QED) is 0.206. The maximum Gasteiger partial charge on any atom is 0.330 e. The Bertz CT molecular complexity index is 638. The van der Waals surface area contributed by atoms with E-state index in [0.29, 0.717) is 12.6 Å². The van der Waals surface area contributed by atoms with Crippen molar-refractivity contribution in [1.82, 2.24) is 4.90 Å². The molecular formula is C22H30INO3. The number of ether oxygens (including phenoxy) is 1. The number of esters is 1. The summed E-state index contributed by atoms with van der Waals surface area (Å²) < 4.78 is 5.89. The Labute approximate surface area is 176 Å². The normalized spacial score (nSPS) is 15.0. The second kappa shape index (κ2) is 12.2. The fourth-order valence-electron chi connectivity index (χ4n) is 3.55. The molecule has 1 saturated carbocycles. The Hall–Kier alpha value is -1.37. The molecule has 0 saturated heterocycles. The summed E-state index contributed by atoms with van der Waals surface area (Å²) in [5, 5.41) is 0. The van der Waals surface area contributed by atoms with Gasteiger partial charge in [-0.25, -0.2) is 4.79 Å². The second-order valence-electron chi connectivity index (χ2n) is 6.92. The van der Waals surface area contributed by atoms with Gasteiger partial charge in [0.1, 0.15) is 0 Å². The van der Waals surface area contributed by atoms with E-state index >= 15 is 0 Å². The molecule has 0 aromatic heterocycles. The van der Waals surface area contributed by atoms with Crippen molar-refractivity contribution in [3.05, 3.63) is 45.6 Å². The molecule has 0 heterocycles. The van der Waals surface area contributed by atoms with Gasteiger partial charge in [0.15, 0.2) is 0 Å². The van der Waals surface area contributed by atoms with Gasteiger partial charge in [0.2, 0.25) is 0 Å². The molecule has 5 heteroatoms. The molecule has 0 unspecified atom stereocenters. The van der Waals surface area contributed by atoms with Gasteiger partial charge in [0.05, 0.1) is 12.2 Å². The molecule has 0 spiro atoms. The molecule has 1 amide bonds. The Kier molecular flexibility index (Phi) is 9.87. The van der Waals surface area contributed by atoms with Gasteiger partial charge in [-0.2, -0.15) is 0 Å². The highest BCUT2D eigenvalue weighted by atomic mass is 127. The lowest BCUT2D eigenvalue weighted by Gasteiger charge is -2.35. The van der Waals surface area contributed by atoms with Crippen molar-refractivity contribution in [1.29, 1.82) is 0 Å². The van der Waals surface area contributed by atoms with Crippen LogP contribution < -0.4 is 0 Å². The van der Waals surface area contributed by atoms with Gasteiger partial charge >= 0.3 is 5.97 Å². The first-order valence-electron chi connectivity index (χ1n) is 10.0. The minimum atomic E-state index is -0.282. The number of unbranched alkanes of at least 4 members (excludes halogenated alkanes) is 2. The number of hydrogen-bond acceptors (Lipinski definition) is 3. The molecule has 1 aromatic carbocycles. The molecule has 1 fully saturated rings. The maximum atomic E-state index is 13.2. The third-order valence-electron chi connectivity index (χ3n) is 4.94. The lowest BCUT2D eigenvalue weighted by molar-refractivity contribution is -0.137. The van der Waals surface area contributed by atoms with Gasteiger partial charge < -0.3 is 9.64 Å². The molecule has 148 valence electrons. The molecule has 4 nitrogen and oxygen atoms in total. The van der Waals surface area contributed by atoms with Gasteiger partial charge in [-0.15, -0.1) is 0 Å². The standard InChI is InChI=1S/C22H30INO3/c1-2-27-21(25)16-8-3-4-11-17-24(18-12-6-5-7-13-18)22(26)19-14-9-10-15-20(19)23/h8-10,14-16,18H,2-7,11-13,17H2,1H3/b16-8-. The Balaban J connectivity index is 1.92. The Morgan fingerprint density at radius 1 is 1.19 bits per heavy atom. The van der Waals surface area contributed by atoms with Crippen molar-refractivity contribution in [3.8, 4) is 0 Å². The summed E-state index contributed by atoms with van der Waals surface area (Å²) in [6, 6.07) is 8.19. The van der Waals surface area contributed by atoms with Crippen molar-refractivity contribution >= 4 is 34.5 Å². The van der Waals surface area contributed by atoms with Crippen molar-refractivity contribution < 1.29 is 14.3 Å². The molecule has 1 aromatic rings. The third kappa shape index (κ3) is 7.28. The number of rotatable bonds is 9. The first-order chi connectivity index (χ1) is 13.1. The van der Waals surface area contributed by atoms with Crippen LogP contribution in [0.1, 0.15) is 68.6 Å². The first kappa shape index (κ1) is 21.9. The Morgan fingerprint density at radius 2 is 1.93 bits per heavy atom. The van der Waals surface area contributed by atoms with Crippen LogP contribution in [0.15, 0.2) is 36.4 Å². The molecule has 1 aliphatic rings. The molecule has 1 aliphatic carbocycles. The first-order valence-corrected chi connectivity index (χ1v) is 11.1. The van der Waals surface area contributed by atoms with Crippen molar-refractivity contribution in [2.24, 2.45) is 0 Å². The van der Waals surface area contributed by atoms with E-state index in [1.165, 1.54) is 25.3 Å². The van der Waals surface area contributed by atoms with E-state index < -0.39 is 0 Å². The summed E-state index contributed by atoms with van der Waals surface area (Å²) in [6.45, 7) is 2.98. The number of carbonyl (C=O) groups excluding carboxylic acids is 2. The van der Waals surface area contributed by atoms with Crippen LogP contribution in [0.4, 0.5) is 0 Å². The second-order valence-corrected chi connectivity index (χ2v) is 8.08. The van der Waals surface area contributed by atoms with Crippen LogP contribution in [0.25, 0.3) is 0 Å². The summed E-state index contributed by atoms with van der Waals surface area (Å²) in [5.41, 5.74) is 0.811. The minimum absolute atomic E-state index is 0.161. The fourth-order valence-corrected chi connectivity index (χ4v) is 4.16. The molecule has 27 heavy (non-hydrogen) atoms. The average molecular weight is 483 g/mol. The van der Waals surface area contributed by atoms with Crippen LogP contribution in [0.5, 0.6) is 0 Å². The van der Waals surface area contributed by atoms with Crippen molar-refractivity contribution in [2.75, 3.05) is 13.2 Å². The highest BCUT2D eigenvalue weighted by molar-refractivity contribution is 14.1. The summed E-state index contributed by atoms with van der Waals surface area (Å²) in [5.74, 6) is -0.121. The predicted molar refractivity (Wildman–Crippen MR) is 117 cm³/mol. The van der Waals surface area contributed by atoms with E-state index in [2.05, 4.69) is 27.5 Å². The SMILES string of the molecule is CCOC(=O)/C=C\CCCCN(C(=O)c1ccccc1I)C1CCCCC1. The minimum Gasteiger partial charge on any atom is -0.463 e. The topological polar surface area (TPSA) is 46.6 Å². The zero-order valence-electron chi connectivity index (χ0n) is 16.2. The van der Waals surface area contributed by atoms with E-state index in [4.69, 9.17) is 4.74 Å². The number of benzene rings is 1. The van der Waals surface area contributed by atoms with E-state index in [1.807, 2.05) is 30.3 Å². The monoisotopic (exact) mass is 483 g/mol. The van der Waals surface area contributed by atoms with Gasteiger partial charge in [-0.3, -0.25) is 4.79 Å². The fraction of sp³-hybridized carbons (Fsp3) is 0.545. The molecule has 0 bridgehead atoms. The van der Waals surface area contributed by atoms with Crippen molar-refractivity contribution in [3.63, 3.8) is 0 Å². The van der Waals surface area contributed by atoms with Crippen LogP contribution in [0.3, 0.4) is 0 Å². The van der Waals surface area contributed by atoms with Crippen LogP contribution >= 0.6 is 22.6 Å². The molecule has 0 aliphatic heterocycles. The number of halogens is 1. The number of hydrogen-bond donors (Lipinski definition) is 0. The van der Waals surface area contributed by atoms with E-state index in [1.54, 1.807) is 6.92 Å². The predicted octanol–water partition coefficient (Wildman–Crippen LogP) is 5.36. The van der Waals surface area contributed by atoms with Gasteiger partial charge in [-0.05, 0) is 73.8 Å². The highest BCUT2D eigenvalue weighted by Gasteiger charge is 2.26. The van der Waals surface area contributed by atoms with Gasteiger partial charge in [0.25, 0.3) is 5.91 Å². The lowest BCUT2D eigenvalue weighted by atomic mass is 9.93. The molecule has 0 N–H and O–H groups in total. The lowest BCUT2D eigenvalue weighted by Crippen LogP contribution is -2.42. The summed E-state index contributed by atoms with van der Waals surface area (Å²) in [4.78, 5) is 26.6. The highest BCUT2D eigenvalue weighted by Crippen LogP contribution is 2.25. The van der Waals surface area contributed by atoms with Gasteiger partial charge in [0, 0.05) is 22.2 Å². The zero-order chi connectivity index (χ0) is 19.5. The number of carbonyl (C=O) groups is 2. The molecule has 0 atom stereocenters.